The molecule has 1 fully saturated rings. The number of nitrogens with one attached hydrogen (secondary N) is 1. The summed E-state index contributed by atoms with van der Waals surface area (Å²) in [5.74, 6) is -0.393. The number of carbonyl (C=O) groups is 1. The maximum Gasteiger partial charge on any atom is 0.261 e. The van der Waals surface area contributed by atoms with Crippen LogP contribution in [0.25, 0.3) is 0 Å². The predicted molar refractivity (Wildman–Crippen MR) is 131 cm³/mol. The van der Waals surface area contributed by atoms with Crippen molar-refractivity contribution < 1.29 is 21.6 Å². The molecule has 0 spiro atoms. The highest BCUT2D eigenvalue weighted by Crippen LogP contribution is 2.25. The van der Waals surface area contributed by atoms with Crippen LogP contribution in [0.3, 0.4) is 0 Å². The first-order chi connectivity index (χ1) is 16.2. The molecule has 1 aliphatic rings. The van der Waals surface area contributed by atoms with Crippen LogP contribution in [0.2, 0.25) is 0 Å². The molecule has 7 nitrogen and oxygen atoms in total. The van der Waals surface area contributed by atoms with Crippen molar-refractivity contribution >= 4 is 31.5 Å². The summed E-state index contributed by atoms with van der Waals surface area (Å²) in [6.07, 6.45) is 1.35. The van der Waals surface area contributed by atoms with E-state index in [1.807, 2.05) is 13.0 Å². The zero-order valence-electron chi connectivity index (χ0n) is 18.7. The van der Waals surface area contributed by atoms with Gasteiger partial charge in [-0.1, -0.05) is 30.3 Å². The average Bonchev–Trinajstić information content (AvgIpc) is 3.27. The minimum atomic E-state index is -3.75. The Balaban J connectivity index is 1.47. The van der Waals surface area contributed by atoms with Crippen molar-refractivity contribution in [3.63, 3.8) is 0 Å². The molecule has 1 heterocycles. The summed E-state index contributed by atoms with van der Waals surface area (Å²) in [6, 6.07) is 20.6. The number of hydrogen-bond acceptors (Lipinski definition) is 5. The number of rotatable bonds is 7. The number of nitrogens with zero attached hydrogens (tertiary/aromatic N) is 1. The smallest absolute Gasteiger partial charge is 0.261 e. The molecule has 1 N–H and O–H groups in total. The van der Waals surface area contributed by atoms with Gasteiger partial charge in [-0.15, -0.1) is 0 Å². The largest absolute Gasteiger partial charge is 0.335 e. The van der Waals surface area contributed by atoms with Crippen molar-refractivity contribution in [3.05, 3.63) is 90.0 Å². The van der Waals surface area contributed by atoms with Gasteiger partial charge in [-0.2, -0.15) is 0 Å². The fourth-order valence-electron chi connectivity index (χ4n) is 4.10. The van der Waals surface area contributed by atoms with Crippen molar-refractivity contribution in [2.75, 3.05) is 17.0 Å². The van der Waals surface area contributed by atoms with Gasteiger partial charge in [-0.3, -0.25) is 9.52 Å². The number of amides is 1. The van der Waals surface area contributed by atoms with Gasteiger partial charge in [0, 0.05) is 23.8 Å². The first-order valence-corrected chi connectivity index (χ1v) is 14.1. The van der Waals surface area contributed by atoms with E-state index >= 15 is 0 Å². The molecule has 0 aliphatic carbocycles. The van der Waals surface area contributed by atoms with Crippen molar-refractivity contribution in [1.29, 1.82) is 0 Å². The second-order valence-electron chi connectivity index (χ2n) is 8.39. The van der Waals surface area contributed by atoms with Gasteiger partial charge in [0.2, 0.25) is 0 Å². The second-order valence-corrected chi connectivity index (χ2v) is 12.1. The van der Waals surface area contributed by atoms with E-state index in [-0.39, 0.29) is 21.5 Å². The Morgan fingerprint density at radius 3 is 2.26 bits per heavy atom. The summed E-state index contributed by atoms with van der Waals surface area (Å²) in [6.45, 7) is 2.30. The Hall–Kier alpha value is -3.17. The Labute approximate surface area is 200 Å². The second kappa shape index (κ2) is 9.60. The lowest BCUT2D eigenvalue weighted by atomic mass is 10.1. The fourth-order valence-corrected chi connectivity index (χ4v) is 6.88. The minimum absolute atomic E-state index is 0.128. The Morgan fingerprint density at radius 1 is 0.912 bits per heavy atom. The van der Waals surface area contributed by atoms with Crippen molar-refractivity contribution in [2.24, 2.45) is 0 Å². The molecular weight excluding hydrogens is 472 g/mol. The number of sulfonamides is 1. The first kappa shape index (κ1) is 24.0. The van der Waals surface area contributed by atoms with Crippen LogP contribution in [0.15, 0.2) is 88.7 Å². The van der Waals surface area contributed by atoms with Crippen LogP contribution in [0.4, 0.5) is 5.69 Å². The molecule has 4 rings (SSSR count). The van der Waals surface area contributed by atoms with E-state index in [4.69, 9.17) is 0 Å². The third-order valence-electron chi connectivity index (χ3n) is 5.84. The van der Waals surface area contributed by atoms with Gasteiger partial charge in [-0.25, -0.2) is 16.8 Å². The Kier molecular flexibility index (Phi) is 6.77. The number of benzene rings is 3. The standard InChI is InChI=1S/C25H26N2O5S2/c1-19-7-5-11-24(17-19)34(31,32)26-21-14-12-20(13-15-21)25(28)27-16-6-8-22(27)18-33(29,30)23-9-3-2-4-10-23/h2-5,7,9-15,17,22,26H,6,8,16,18H2,1H3. The predicted octanol–water partition coefficient (Wildman–Crippen LogP) is 3.87. The lowest BCUT2D eigenvalue weighted by Crippen LogP contribution is -2.39. The minimum Gasteiger partial charge on any atom is -0.335 e. The van der Waals surface area contributed by atoms with Crippen LogP contribution in [0, 0.1) is 6.92 Å². The van der Waals surface area contributed by atoms with E-state index < -0.39 is 25.9 Å². The number of aryl methyl sites for hydroxylation is 1. The van der Waals surface area contributed by atoms with Gasteiger partial charge in [-0.05, 0) is 73.9 Å². The highest BCUT2D eigenvalue weighted by Gasteiger charge is 2.33. The van der Waals surface area contributed by atoms with Gasteiger partial charge in [0.1, 0.15) is 0 Å². The summed E-state index contributed by atoms with van der Waals surface area (Å²) in [4.78, 5) is 15.1. The van der Waals surface area contributed by atoms with Crippen LogP contribution in [0.5, 0.6) is 0 Å². The summed E-state index contributed by atoms with van der Waals surface area (Å²) >= 11 is 0. The van der Waals surface area contributed by atoms with Gasteiger partial charge in [0.15, 0.2) is 9.84 Å². The summed E-state index contributed by atoms with van der Waals surface area (Å²) in [7, 11) is -7.27. The number of likely N-dealkylation sites (tertiary alicyclic amines) is 1. The van der Waals surface area contributed by atoms with Gasteiger partial charge < -0.3 is 4.90 Å². The highest BCUT2D eigenvalue weighted by atomic mass is 32.2. The van der Waals surface area contributed by atoms with Crippen molar-refractivity contribution in [1.82, 2.24) is 4.90 Å². The molecule has 3 aromatic rings. The highest BCUT2D eigenvalue weighted by molar-refractivity contribution is 7.92. The molecule has 1 atom stereocenters. The number of hydrogen-bond donors (Lipinski definition) is 1. The first-order valence-electron chi connectivity index (χ1n) is 10.9. The number of carbonyl (C=O) groups excluding carboxylic acids is 1. The van der Waals surface area contributed by atoms with Crippen LogP contribution in [0.1, 0.15) is 28.8 Å². The molecule has 0 saturated carbocycles. The lowest BCUT2D eigenvalue weighted by molar-refractivity contribution is 0.0749. The summed E-state index contributed by atoms with van der Waals surface area (Å²) in [5, 5.41) is 0. The Bertz CT molecular complexity index is 1390. The van der Waals surface area contributed by atoms with E-state index in [1.165, 1.54) is 18.2 Å². The monoisotopic (exact) mass is 498 g/mol. The number of sulfone groups is 1. The molecule has 0 bridgehead atoms. The zero-order chi connectivity index (χ0) is 24.3. The van der Waals surface area contributed by atoms with Crippen LogP contribution in [-0.4, -0.2) is 46.0 Å². The molecular formula is C25H26N2O5S2. The van der Waals surface area contributed by atoms with Crippen LogP contribution < -0.4 is 4.72 Å². The molecule has 9 heteroatoms. The molecule has 0 radical (unpaired) electrons. The average molecular weight is 499 g/mol. The van der Waals surface area contributed by atoms with Crippen LogP contribution >= 0.6 is 0 Å². The van der Waals surface area contributed by atoms with Crippen molar-refractivity contribution in [2.45, 2.75) is 35.6 Å². The molecule has 1 amide bonds. The molecule has 178 valence electrons. The summed E-state index contributed by atoms with van der Waals surface area (Å²) < 4.78 is 53.4. The van der Waals surface area contributed by atoms with Crippen LogP contribution in [-0.2, 0) is 19.9 Å². The molecule has 3 aromatic carbocycles. The quantitative estimate of drug-likeness (QED) is 0.533. The number of anilines is 1. The van der Waals surface area contributed by atoms with E-state index in [9.17, 15) is 21.6 Å². The third-order valence-corrected chi connectivity index (χ3v) is 9.03. The van der Waals surface area contributed by atoms with Gasteiger partial charge in [0.05, 0.1) is 15.5 Å². The maximum absolute atomic E-state index is 13.1. The van der Waals surface area contributed by atoms with E-state index in [0.29, 0.717) is 24.2 Å². The van der Waals surface area contributed by atoms with Gasteiger partial charge >= 0.3 is 0 Å². The third kappa shape index (κ3) is 5.31. The van der Waals surface area contributed by atoms with E-state index in [2.05, 4.69) is 4.72 Å². The molecule has 1 aliphatic heterocycles. The zero-order valence-corrected chi connectivity index (χ0v) is 20.3. The summed E-state index contributed by atoms with van der Waals surface area (Å²) in [5.41, 5.74) is 1.54. The lowest BCUT2D eigenvalue weighted by Gasteiger charge is -2.25. The Morgan fingerprint density at radius 2 is 1.59 bits per heavy atom. The molecule has 1 saturated heterocycles. The normalized spacial score (nSPS) is 16.4. The fraction of sp³-hybridized carbons (Fsp3) is 0.240. The molecule has 34 heavy (non-hydrogen) atoms. The SMILES string of the molecule is Cc1cccc(S(=O)(=O)Nc2ccc(C(=O)N3CCCC3CS(=O)(=O)c3ccccc3)cc2)c1. The maximum atomic E-state index is 13.1. The van der Waals surface area contributed by atoms with Crippen molar-refractivity contribution in [3.8, 4) is 0 Å². The van der Waals surface area contributed by atoms with E-state index in [1.54, 1.807) is 59.5 Å². The molecule has 1 unspecified atom stereocenters. The topological polar surface area (TPSA) is 101 Å². The molecule has 0 aromatic heterocycles. The van der Waals surface area contributed by atoms with E-state index in [0.717, 1.165) is 12.0 Å². The van der Waals surface area contributed by atoms with Gasteiger partial charge in [0.25, 0.3) is 15.9 Å².